The summed E-state index contributed by atoms with van der Waals surface area (Å²) in [5.74, 6) is 0.119. The van der Waals surface area contributed by atoms with Gasteiger partial charge in [-0.25, -0.2) is 0 Å². The van der Waals surface area contributed by atoms with Crippen molar-refractivity contribution in [1.82, 2.24) is 0 Å². The van der Waals surface area contributed by atoms with E-state index in [4.69, 9.17) is 5.73 Å². The monoisotopic (exact) mass is 206 g/mol. The Bertz CT molecular complexity index is 190. The van der Waals surface area contributed by atoms with Crippen LogP contribution in [-0.2, 0) is 4.79 Å². The molecular weight excluding hydrogens is 188 g/mol. The second-order valence-electron chi connectivity index (χ2n) is 3.81. The van der Waals surface area contributed by atoms with Crippen molar-refractivity contribution in [2.24, 2.45) is 5.73 Å². The van der Waals surface area contributed by atoms with E-state index in [1.807, 2.05) is 14.1 Å². The lowest BCUT2D eigenvalue weighted by molar-refractivity contribution is -0.880. The van der Waals surface area contributed by atoms with Gasteiger partial charge in [0.1, 0.15) is 6.54 Å². The number of ketones is 1. The van der Waals surface area contributed by atoms with Crippen LogP contribution >= 0.6 is 0 Å². The second kappa shape index (κ2) is 6.13. The van der Waals surface area contributed by atoms with E-state index in [0.717, 1.165) is 6.54 Å². The van der Waals surface area contributed by atoms with Crippen molar-refractivity contribution in [2.75, 3.05) is 33.7 Å². The van der Waals surface area contributed by atoms with Gasteiger partial charge in [0.25, 0.3) is 0 Å². The minimum absolute atomic E-state index is 0. The molecule has 0 fully saturated rings. The van der Waals surface area contributed by atoms with Crippen LogP contribution in [0.25, 0.3) is 0 Å². The zero-order valence-corrected chi connectivity index (χ0v) is 9.40. The molecule has 0 aliphatic heterocycles. The maximum absolute atomic E-state index is 11.3. The van der Waals surface area contributed by atoms with E-state index in [1.165, 1.54) is 0 Å². The number of carbonyl (C=O) groups excluding carboxylic acids is 1. The third-order valence-corrected chi connectivity index (χ3v) is 1.78. The molecule has 0 unspecified atom stereocenters. The van der Waals surface area contributed by atoms with Crippen molar-refractivity contribution in [3.05, 3.63) is 12.2 Å². The van der Waals surface area contributed by atoms with Gasteiger partial charge in [-0.2, -0.15) is 0 Å². The third-order valence-electron chi connectivity index (χ3n) is 1.78. The summed E-state index contributed by atoms with van der Waals surface area (Å²) in [5.41, 5.74) is 6.04. The van der Waals surface area contributed by atoms with Crippen molar-refractivity contribution < 1.29 is 21.7 Å². The van der Waals surface area contributed by atoms with Gasteiger partial charge in [0, 0.05) is 6.54 Å². The molecule has 0 aromatic rings. The van der Waals surface area contributed by atoms with Crippen LogP contribution in [0.5, 0.6) is 0 Å². The van der Waals surface area contributed by atoms with Crippen molar-refractivity contribution >= 4 is 5.78 Å². The van der Waals surface area contributed by atoms with Gasteiger partial charge in [-0.3, -0.25) is 4.79 Å². The van der Waals surface area contributed by atoms with Gasteiger partial charge in [-0.05, 0) is 12.5 Å². The Kier molecular flexibility index (Phi) is 7.13. The van der Waals surface area contributed by atoms with Crippen LogP contribution in [0.1, 0.15) is 6.92 Å². The summed E-state index contributed by atoms with van der Waals surface area (Å²) >= 11 is 0. The third kappa shape index (κ3) is 6.75. The molecule has 0 spiro atoms. The van der Waals surface area contributed by atoms with Crippen molar-refractivity contribution in [1.29, 1.82) is 0 Å². The topological polar surface area (TPSA) is 43.1 Å². The summed E-state index contributed by atoms with van der Waals surface area (Å²) in [6.45, 7) is 7.27. The van der Waals surface area contributed by atoms with E-state index < -0.39 is 0 Å². The Morgan fingerprint density at radius 2 is 1.92 bits per heavy atom. The first-order chi connectivity index (χ1) is 5.39. The van der Waals surface area contributed by atoms with E-state index in [2.05, 4.69) is 6.58 Å². The molecule has 0 amide bonds. The molecule has 0 heterocycles. The molecule has 0 bridgehead atoms. The Morgan fingerprint density at radius 1 is 1.46 bits per heavy atom. The molecule has 13 heavy (non-hydrogen) atoms. The largest absolute Gasteiger partial charge is 1.00 e. The normalized spacial score (nSPS) is 10.5. The quantitative estimate of drug-likeness (QED) is 0.390. The van der Waals surface area contributed by atoms with Crippen molar-refractivity contribution in [3.63, 3.8) is 0 Å². The smallest absolute Gasteiger partial charge is 0.212 e. The molecule has 0 saturated carbocycles. The number of nitrogens with two attached hydrogens (primary N) is 1. The standard InChI is InChI=1S/C9H19N2O.ClH/c1-8(2)9(12)7-11(3,4)6-5-10;/h1,5-7,10H2,2-4H3;1H/q+1;/p-1. The lowest BCUT2D eigenvalue weighted by Crippen LogP contribution is -3.00. The lowest BCUT2D eigenvalue weighted by Gasteiger charge is -2.28. The minimum atomic E-state index is 0. The van der Waals surface area contributed by atoms with Crippen LogP contribution in [0.4, 0.5) is 0 Å². The SMILES string of the molecule is C=C(C)C(=O)C[N+](C)(C)CCN.[Cl-]. The summed E-state index contributed by atoms with van der Waals surface area (Å²) in [6, 6.07) is 0. The molecule has 0 aromatic carbocycles. The van der Waals surface area contributed by atoms with Crippen molar-refractivity contribution in [3.8, 4) is 0 Å². The summed E-state index contributed by atoms with van der Waals surface area (Å²) in [6.07, 6.45) is 0. The van der Waals surface area contributed by atoms with E-state index in [0.29, 0.717) is 23.1 Å². The number of nitrogens with zero attached hydrogens (tertiary/aromatic N) is 1. The number of Topliss-reactive ketones (excluding diaryl/α,β-unsaturated/α-hetero) is 1. The second-order valence-corrected chi connectivity index (χ2v) is 3.81. The van der Waals surface area contributed by atoms with Crippen molar-refractivity contribution in [2.45, 2.75) is 6.92 Å². The highest BCUT2D eigenvalue weighted by Gasteiger charge is 2.18. The van der Waals surface area contributed by atoms with Gasteiger partial charge in [0.05, 0.1) is 20.6 Å². The minimum Gasteiger partial charge on any atom is -1.00 e. The molecule has 0 aliphatic rings. The molecule has 4 heteroatoms. The highest BCUT2D eigenvalue weighted by Crippen LogP contribution is 1.99. The first-order valence-electron chi connectivity index (χ1n) is 4.10. The molecule has 78 valence electrons. The van der Waals surface area contributed by atoms with Gasteiger partial charge in [0.15, 0.2) is 0 Å². The van der Waals surface area contributed by atoms with Gasteiger partial charge >= 0.3 is 0 Å². The first-order valence-corrected chi connectivity index (χ1v) is 4.10. The number of likely N-dealkylation sites (N-methyl/N-ethyl adjacent to an activating group) is 1. The predicted molar refractivity (Wildman–Crippen MR) is 50.7 cm³/mol. The van der Waals surface area contributed by atoms with Crippen LogP contribution in [0.15, 0.2) is 12.2 Å². The van der Waals surface area contributed by atoms with Gasteiger partial charge in [0.2, 0.25) is 5.78 Å². The maximum Gasteiger partial charge on any atom is 0.212 e. The van der Waals surface area contributed by atoms with E-state index in [-0.39, 0.29) is 18.2 Å². The summed E-state index contributed by atoms with van der Waals surface area (Å²) in [5, 5.41) is 0. The molecular formula is C9H19ClN2O. The lowest BCUT2D eigenvalue weighted by atomic mass is 10.2. The Morgan fingerprint density at radius 3 is 2.23 bits per heavy atom. The molecule has 0 rings (SSSR count). The highest BCUT2D eigenvalue weighted by molar-refractivity contribution is 5.95. The van der Waals surface area contributed by atoms with Crippen LogP contribution in [0.2, 0.25) is 0 Å². The number of carbonyl (C=O) groups is 1. The maximum atomic E-state index is 11.3. The number of halogens is 1. The van der Waals surface area contributed by atoms with Crippen LogP contribution in [0.3, 0.4) is 0 Å². The fraction of sp³-hybridized carbons (Fsp3) is 0.667. The predicted octanol–water partition coefficient (Wildman–Crippen LogP) is -2.83. The van der Waals surface area contributed by atoms with E-state index in [9.17, 15) is 4.79 Å². The van der Waals surface area contributed by atoms with Crippen LogP contribution in [-0.4, -0.2) is 44.0 Å². The first kappa shape index (κ1) is 15.1. The fourth-order valence-electron chi connectivity index (χ4n) is 0.952. The molecule has 0 aliphatic carbocycles. The highest BCUT2D eigenvalue weighted by atomic mass is 35.5. The number of rotatable bonds is 5. The summed E-state index contributed by atoms with van der Waals surface area (Å²) in [4.78, 5) is 11.3. The van der Waals surface area contributed by atoms with Gasteiger partial charge in [-0.15, -0.1) is 0 Å². The Hall–Kier alpha value is -0.380. The van der Waals surface area contributed by atoms with Gasteiger partial charge in [-0.1, -0.05) is 6.58 Å². The molecule has 0 aromatic heterocycles. The molecule has 0 atom stereocenters. The fourth-order valence-corrected chi connectivity index (χ4v) is 0.952. The van der Waals surface area contributed by atoms with Gasteiger partial charge < -0.3 is 22.6 Å². The zero-order chi connectivity index (χ0) is 9.78. The number of hydrogen-bond donors (Lipinski definition) is 1. The number of hydrogen-bond acceptors (Lipinski definition) is 2. The van der Waals surface area contributed by atoms with E-state index in [1.54, 1.807) is 6.92 Å². The average Bonchev–Trinajstić information content (AvgIpc) is 1.85. The zero-order valence-electron chi connectivity index (χ0n) is 8.64. The van der Waals surface area contributed by atoms with E-state index >= 15 is 0 Å². The number of quaternary nitrogens is 1. The summed E-state index contributed by atoms with van der Waals surface area (Å²) in [7, 11) is 3.99. The Balaban J connectivity index is 0. The average molecular weight is 207 g/mol. The van der Waals surface area contributed by atoms with Crippen LogP contribution < -0.4 is 18.1 Å². The molecule has 3 nitrogen and oxygen atoms in total. The molecule has 0 saturated heterocycles. The molecule has 2 N–H and O–H groups in total. The Labute approximate surface area is 86.6 Å². The van der Waals surface area contributed by atoms with Crippen LogP contribution in [0, 0.1) is 0 Å². The molecule has 0 radical (unpaired) electrons. The summed E-state index contributed by atoms with van der Waals surface area (Å²) < 4.78 is 0.641.